The standard InChI is InChI=1S/C26H25BrCl2N4O3/c1-3-24(35)32-11-19(12-32)31-23(34)14-33-13-21(20-9-17(27)8-15(2)25(20)33)26(36)30-7-6-16-4-5-18(28)10-22(16)29/h3-5,8-10,13,19H,1,6-7,11-12,14H2,2H3,(H,30,36)(H,31,34). The van der Waals surface area contributed by atoms with E-state index in [-0.39, 0.29) is 30.3 Å². The number of nitrogens with one attached hydrogen (secondary N) is 2. The summed E-state index contributed by atoms with van der Waals surface area (Å²) in [6, 6.07) is 9.02. The van der Waals surface area contributed by atoms with Gasteiger partial charge in [0.2, 0.25) is 11.8 Å². The third-order valence-corrected chi connectivity index (χ3v) is 7.16. The fraction of sp³-hybridized carbons (Fsp3) is 0.269. The van der Waals surface area contributed by atoms with Crippen LogP contribution in [0.2, 0.25) is 10.0 Å². The van der Waals surface area contributed by atoms with Crippen molar-refractivity contribution in [3.8, 4) is 0 Å². The normalized spacial score (nSPS) is 13.4. The van der Waals surface area contributed by atoms with E-state index in [1.807, 2.05) is 25.1 Å². The number of likely N-dealkylation sites (tertiary alicyclic amines) is 1. The first-order chi connectivity index (χ1) is 17.2. The summed E-state index contributed by atoms with van der Waals surface area (Å²) in [5, 5.41) is 7.77. The lowest BCUT2D eigenvalue weighted by atomic mass is 10.1. The zero-order valence-electron chi connectivity index (χ0n) is 19.6. The van der Waals surface area contributed by atoms with Crippen molar-refractivity contribution >= 4 is 67.8 Å². The van der Waals surface area contributed by atoms with Gasteiger partial charge in [-0.2, -0.15) is 0 Å². The Bertz CT molecular complexity index is 1360. The number of carbonyl (C=O) groups excluding carboxylic acids is 3. The molecule has 4 rings (SSSR count). The average molecular weight is 592 g/mol. The van der Waals surface area contributed by atoms with E-state index in [1.165, 1.54) is 6.08 Å². The van der Waals surface area contributed by atoms with Crippen LogP contribution in [0.25, 0.3) is 10.9 Å². The second kappa shape index (κ2) is 11.1. The van der Waals surface area contributed by atoms with Gasteiger partial charge in [0.15, 0.2) is 0 Å². The Morgan fingerprint density at radius 2 is 1.94 bits per heavy atom. The number of hydrogen-bond acceptors (Lipinski definition) is 3. The summed E-state index contributed by atoms with van der Waals surface area (Å²) in [4.78, 5) is 39.1. The molecular formula is C26H25BrCl2N4O3. The number of carbonyl (C=O) groups is 3. The van der Waals surface area contributed by atoms with Gasteiger partial charge >= 0.3 is 0 Å². The van der Waals surface area contributed by atoms with Gasteiger partial charge in [-0.25, -0.2) is 0 Å². The van der Waals surface area contributed by atoms with E-state index >= 15 is 0 Å². The van der Waals surface area contributed by atoms with Crippen LogP contribution in [0.1, 0.15) is 21.5 Å². The Labute approximate surface area is 227 Å². The van der Waals surface area contributed by atoms with Crippen molar-refractivity contribution in [1.82, 2.24) is 20.1 Å². The summed E-state index contributed by atoms with van der Waals surface area (Å²) < 4.78 is 2.64. The van der Waals surface area contributed by atoms with E-state index in [1.54, 1.807) is 27.8 Å². The summed E-state index contributed by atoms with van der Waals surface area (Å²) in [6.07, 6.45) is 3.53. The minimum atomic E-state index is -0.237. The Kier molecular flexibility index (Phi) is 8.07. The zero-order valence-corrected chi connectivity index (χ0v) is 22.7. The summed E-state index contributed by atoms with van der Waals surface area (Å²) in [5.41, 5.74) is 3.13. The molecule has 3 aromatic rings. The lowest BCUT2D eigenvalue weighted by molar-refractivity contribution is -0.133. The van der Waals surface area contributed by atoms with E-state index in [0.717, 1.165) is 26.5 Å². The molecule has 3 amide bonds. The molecule has 0 unspecified atom stereocenters. The Hall–Kier alpha value is -2.81. The highest BCUT2D eigenvalue weighted by Gasteiger charge is 2.30. The lowest BCUT2D eigenvalue weighted by Crippen LogP contribution is -2.61. The van der Waals surface area contributed by atoms with Crippen LogP contribution in [0, 0.1) is 6.92 Å². The van der Waals surface area contributed by atoms with E-state index in [9.17, 15) is 14.4 Å². The molecule has 7 nitrogen and oxygen atoms in total. The molecule has 1 saturated heterocycles. The highest BCUT2D eigenvalue weighted by Crippen LogP contribution is 2.29. The number of aromatic nitrogens is 1. The molecule has 0 bridgehead atoms. The van der Waals surface area contributed by atoms with Gasteiger partial charge in [-0.15, -0.1) is 0 Å². The van der Waals surface area contributed by atoms with Gasteiger partial charge in [0.25, 0.3) is 5.91 Å². The Balaban J connectivity index is 1.47. The number of nitrogens with zero attached hydrogens (tertiary/aromatic N) is 2. The van der Waals surface area contributed by atoms with E-state index in [0.29, 0.717) is 41.7 Å². The van der Waals surface area contributed by atoms with Gasteiger partial charge in [0.05, 0.1) is 17.1 Å². The van der Waals surface area contributed by atoms with Gasteiger partial charge < -0.3 is 20.1 Å². The number of halogens is 3. The second-order valence-electron chi connectivity index (χ2n) is 8.74. The predicted octanol–water partition coefficient (Wildman–Crippen LogP) is 4.50. The molecule has 2 N–H and O–H groups in total. The molecule has 1 fully saturated rings. The monoisotopic (exact) mass is 590 g/mol. The molecule has 1 aromatic heterocycles. The highest BCUT2D eigenvalue weighted by atomic mass is 79.9. The van der Waals surface area contributed by atoms with Crippen molar-refractivity contribution in [2.24, 2.45) is 0 Å². The number of amides is 3. The van der Waals surface area contributed by atoms with Gasteiger partial charge in [-0.1, -0.05) is 51.8 Å². The number of fused-ring (bicyclic) bond motifs is 1. The van der Waals surface area contributed by atoms with Crippen molar-refractivity contribution in [2.45, 2.75) is 25.9 Å². The molecular weight excluding hydrogens is 567 g/mol. The van der Waals surface area contributed by atoms with Gasteiger partial charge in [0, 0.05) is 45.7 Å². The molecule has 10 heteroatoms. The van der Waals surface area contributed by atoms with Crippen molar-refractivity contribution in [2.75, 3.05) is 19.6 Å². The minimum Gasteiger partial charge on any atom is -0.352 e. The summed E-state index contributed by atoms with van der Waals surface area (Å²) in [7, 11) is 0. The molecule has 0 radical (unpaired) electrons. The molecule has 2 heterocycles. The number of rotatable bonds is 8. The molecule has 1 aliphatic rings. The molecule has 1 aliphatic heterocycles. The smallest absolute Gasteiger partial charge is 0.253 e. The van der Waals surface area contributed by atoms with Crippen LogP contribution in [-0.4, -0.2) is 52.9 Å². The molecule has 36 heavy (non-hydrogen) atoms. The highest BCUT2D eigenvalue weighted by molar-refractivity contribution is 9.10. The van der Waals surface area contributed by atoms with Crippen LogP contribution < -0.4 is 10.6 Å². The topological polar surface area (TPSA) is 83.4 Å². The largest absolute Gasteiger partial charge is 0.352 e. The molecule has 0 spiro atoms. The van der Waals surface area contributed by atoms with Gasteiger partial charge in [-0.05, 0) is 54.8 Å². The summed E-state index contributed by atoms with van der Waals surface area (Å²) >= 11 is 15.7. The second-order valence-corrected chi connectivity index (χ2v) is 10.5. The number of hydrogen-bond donors (Lipinski definition) is 2. The van der Waals surface area contributed by atoms with E-state index in [2.05, 4.69) is 33.1 Å². The summed E-state index contributed by atoms with van der Waals surface area (Å²) in [5.74, 6) is -0.569. The van der Waals surface area contributed by atoms with Crippen molar-refractivity contribution in [3.63, 3.8) is 0 Å². The third kappa shape index (κ3) is 5.77. The van der Waals surface area contributed by atoms with Crippen molar-refractivity contribution in [1.29, 1.82) is 0 Å². The summed E-state index contributed by atoms with van der Waals surface area (Å²) in [6.45, 7) is 6.78. The molecule has 2 aromatic carbocycles. The maximum Gasteiger partial charge on any atom is 0.253 e. The van der Waals surface area contributed by atoms with Crippen LogP contribution in [-0.2, 0) is 22.6 Å². The minimum absolute atomic E-state index is 0.0541. The van der Waals surface area contributed by atoms with Crippen LogP contribution in [0.5, 0.6) is 0 Å². The van der Waals surface area contributed by atoms with E-state index in [4.69, 9.17) is 23.2 Å². The maximum absolute atomic E-state index is 13.1. The fourth-order valence-corrected chi connectivity index (χ4v) is 5.43. The molecule has 188 valence electrons. The SMILES string of the molecule is C=CC(=O)N1CC(NC(=O)Cn2cc(C(=O)NCCc3ccc(Cl)cc3Cl)c3cc(Br)cc(C)c32)C1. The first-order valence-corrected chi connectivity index (χ1v) is 12.9. The average Bonchev–Trinajstić information content (AvgIpc) is 3.15. The zero-order chi connectivity index (χ0) is 26.0. The van der Waals surface area contributed by atoms with Crippen LogP contribution in [0.3, 0.4) is 0 Å². The van der Waals surface area contributed by atoms with Crippen molar-refractivity contribution in [3.05, 3.63) is 80.4 Å². The van der Waals surface area contributed by atoms with Crippen LogP contribution in [0.4, 0.5) is 0 Å². The first-order valence-electron chi connectivity index (χ1n) is 11.4. The molecule has 0 saturated carbocycles. The fourth-order valence-electron chi connectivity index (χ4n) is 4.35. The maximum atomic E-state index is 13.1. The Morgan fingerprint density at radius 3 is 2.64 bits per heavy atom. The van der Waals surface area contributed by atoms with Crippen LogP contribution in [0.15, 0.2) is 53.7 Å². The number of aryl methyl sites for hydroxylation is 1. The molecule has 0 aliphatic carbocycles. The Morgan fingerprint density at radius 1 is 1.19 bits per heavy atom. The van der Waals surface area contributed by atoms with Crippen molar-refractivity contribution < 1.29 is 14.4 Å². The van der Waals surface area contributed by atoms with Gasteiger partial charge in [0.1, 0.15) is 6.54 Å². The third-order valence-electron chi connectivity index (χ3n) is 6.11. The number of benzene rings is 2. The lowest BCUT2D eigenvalue weighted by Gasteiger charge is -2.38. The quantitative estimate of drug-likeness (QED) is 0.378. The predicted molar refractivity (Wildman–Crippen MR) is 146 cm³/mol. The van der Waals surface area contributed by atoms with E-state index < -0.39 is 0 Å². The van der Waals surface area contributed by atoms with Crippen LogP contribution >= 0.6 is 39.1 Å². The van der Waals surface area contributed by atoms with Gasteiger partial charge in [-0.3, -0.25) is 14.4 Å². The molecule has 0 atom stereocenters. The first kappa shape index (κ1) is 26.3.